The molecule has 0 aliphatic rings. The molecule has 0 aliphatic heterocycles. The molecule has 0 heterocycles. The maximum Gasteiger partial charge on any atom is 0.264 e. The Bertz CT molecular complexity index is 1740. The van der Waals surface area contributed by atoms with Crippen LogP contribution in [0, 0.1) is 27.7 Å². The van der Waals surface area contributed by atoms with E-state index in [4.69, 9.17) is 0 Å². The summed E-state index contributed by atoms with van der Waals surface area (Å²) >= 11 is 0. The number of nitrogens with one attached hydrogen (secondary N) is 1. The molecule has 2 amide bonds. The largest absolute Gasteiger partial charge is 0.352 e. The van der Waals surface area contributed by atoms with Crippen molar-refractivity contribution in [2.24, 2.45) is 0 Å². The van der Waals surface area contributed by atoms with Crippen molar-refractivity contribution >= 4 is 27.5 Å². The van der Waals surface area contributed by atoms with Gasteiger partial charge in [-0.15, -0.1) is 0 Å². The summed E-state index contributed by atoms with van der Waals surface area (Å²) in [6.45, 7) is 11.2. The lowest BCUT2D eigenvalue weighted by atomic mass is 10.0. The van der Waals surface area contributed by atoms with Crippen LogP contribution in [0.2, 0.25) is 0 Å². The average Bonchev–Trinajstić information content (AvgIpc) is 3.03. The van der Waals surface area contributed by atoms with Gasteiger partial charge in [0, 0.05) is 19.0 Å². The highest BCUT2D eigenvalue weighted by molar-refractivity contribution is 7.92. The number of carbonyl (C=O) groups excluding carboxylic acids is 2. The summed E-state index contributed by atoms with van der Waals surface area (Å²) in [5.74, 6) is -0.755. The van der Waals surface area contributed by atoms with Crippen LogP contribution in [0.25, 0.3) is 0 Å². The molecule has 0 aromatic heterocycles. The molecule has 0 bridgehead atoms. The SMILES string of the molecule is CC[C@@H](C)NC(=O)[C@H](Cc1ccccc1)N(Cc1ccc(C)cc1)C(=O)CN(c1ccc(C)cc1C)S(=O)(=O)c1ccc(C)cc1. The third-order valence-electron chi connectivity index (χ3n) is 8.25. The summed E-state index contributed by atoms with van der Waals surface area (Å²) in [4.78, 5) is 30.2. The number of benzene rings is 4. The molecule has 0 saturated heterocycles. The zero-order valence-electron chi connectivity index (χ0n) is 27.7. The Morgan fingerprint density at radius 2 is 1.35 bits per heavy atom. The van der Waals surface area contributed by atoms with Crippen molar-refractivity contribution in [3.8, 4) is 0 Å². The van der Waals surface area contributed by atoms with E-state index in [0.717, 1.165) is 39.8 Å². The first kappa shape index (κ1) is 34.4. The van der Waals surface area contributed by atoms with Crippen molar-refractivity contribution in [1.29, 1.82) is 0 Å². The number of aryl methyl sites for hydroxylation is 4. The van der Waals surface area contributed by atoms with Crippen LogP contribution in [0.5, 0.6) is 0 Å². The van der Waals surface area contributed by atoms with Crippen LogP contribution in [0.15, 0.2) is 102 Å². The number of amides is 2. The fourth-order valence-electron chi connectivity index (χ4n) is 5.32. The molecule has 2 atom stereocenters. The molecule has 46 heavy (non-hydrogen) atoms. The molecule has 242 valence electrons. The van der Waals surface area contributed by atoms with E-state index >= 15 is 0 Å². The van der Waals surface area contributed by atoms with E-state index in [9.17, 15) is 18.0 Å². The Balaban J connectivity index is 1.83. The molecule has 1 N–H and O–H groups in total. The lowest BCUT2D eigenvalue weighted by Gasteiger charge is -2.34. The normalized spacial score (nSPS) is 12.7. The summed E-state index contributed by atoms with van der Waals surface area (Å²) in [5, 5.41) is 3.08. The Morgan fingerprint density at radius 1 is 0.761 bits per heavy atom. The maximum absolute atomic E-state index is 14.6. The topological polar surface area (TPSA) is 86.8 Å². The quantitative estimate of drug-likeness (QED) is 0.177. The highest BCUT2D eigenvalue weighted by atomic mass is 32.2. The second-order valence-electron chi connectivity index (χ2n) is 12.1. The van der Waals surface area contributed by atoms with Crippen LogP contribution in [-0.2, 0) is 32.6 Å². The minimum Gasteiger partial charge on any atom is -0.352 e. The Kier molecular flexibility index (Phi) is 11.4. The first-order chi connectivity index (χ1) is 21.9. The highest BCUT2D eigenvalue weighted by Crippen LogP contribution is 2.29. The molecule has 0 fully saturated rings. The molecular formula is C38H45N3O4S. The summed E-state index contributed by atoms with van der Waals surface area (Å²) in [7, 11) is -4.16. The van der Waals surface area contributed by atoms with E-state index in [2.05, 4.69) is 5.32 Å². The summed E-state index contributed by atoms with van der Waals surface area (Å²) < 4.78 is 29.8. The number of sulfonamides is 1. The molecule has 0 spiro atoms. The van der Waals surface area contributed by atoms with Crippen molar-refractivity contribution in [2.75, 3.05) is 10.8 Å². The molecule has 0 aliphatic carbocycles. The predicted molar refractivity (Wildman–Crippen MR) is 185 cm³/mol. The molecule has 0 unspecified atom stereocenters. The molecule has 4 rings (SSSR count). The van der Waals surface area contributed by atoms with Gasteiger partial charge in [-0.25, -0.2) is 8.42 Å². The van der Waals surface area contributed by atoms with Crippen molar-refractivity contribution < 1.29 is 18.0 Å². The van der Waals surface area contributed by atoms with Crippen molar-refractivity contribution in [2.45, 2.75) is 77.9 Å². The number of hydrogen-bond donors (Lipinski definition) is 1. The fourth-order valence-corrected chi connectivity index (χ4v) is 6.80. The second-order valence-corrected chi connectivity index (χ2v) is 14.0. The lowest BCUT2D eigenvalue weighted by molar-refractivity contribution is -0.140. The Labute approximate surface area is 274 Å². The number of nitrogens with zero attached hydrogens (tertiary/aromatic N) is 2. The first-order valence-corrected chi connectivity index (χ1v) is 17.2. The molecular weight excluding hydrogens is 595 g/mol. The summed E-state index contributed by atoms with van der Waals surface area (Å²) in [6, 6.07) is 28.5. The van der Waals surface area contributed by atoms with Gasteiger partial charge in [-0.3, -0.25) is 13.9 Å². The van der Waals surface area contributed by atoms with Gasteiger partial charge in [0.2, 0.25) is 11.8 Å². The Morgan fingerprint density at radius 3 is 1.93 bits per heavy atom. The van der Waals surface area contributed by atoms with Crippen molar-refractivity contribution in [3.05, 3.63) is 130 Å². The zero-order valence-corrected chi connectivity index (χ0v) is 28.5. The minimum absolute atomic E-state index is 0.0892. The van der Waals surface area contributed by atoms with Crippen LogP contribution >= 0.6 is 0 Å². The van der Waals surface area contributed by atoms with Crippen LogP contribution in [0.3, 0.4) is 0 Å². The predicted octanol–water partition coefficient (Wildman–Crippen LogP) is 6.67. The number of hydrogen-bond acceptors (Lipinski definition) is 4. The van der Waals surface area contributed by atoms with Crippen LogP contribution in [0.1, 0.15) is 53.6 Å². The molecule has 4 aromatic rings. The molecule has 0 saturated carbocycles. The molecule has 0 radical (unpaired) electrons. The summed E-state index contributed by atoms with van der Waals surface area (Å²) in [5.41, 5.74) is 5.85. The van der Waals surface area contributed by atoms with Crippen molar-refractivity contribution in [3.63, 3.8) is 0 Å². The van der Waals surface area contributed by atoms with Crippen molar-refractivity contribution in [1.82, 2.24) is 10.2 Å². The van der Waals surface area contributed by atoms with E-state index in [1.165, 1.54) is 9.21 Å². The lowest BCUT2D eigenvalue weighted by Crippen LogP contribution is -2.54. The third kappa shape index (κ3) is 8.63. The molecule has 7 nitrogen and oxygen atoms in total. The average molecular weight is 640 g/mol. The Hall–Kier alpha value is -4.43. The van der Waals surface area contributed by atoms with Gasteiger partial charge in [-0.05, 0) is 75.9 Å². The van der Waals surface area contributed by atoms with E-state index in [1.807, 2.05) is 108 Å². The monoisotopic (exact) mass is 639 g/mol. The van der Waals surface area contributed by atoms with E-state index in [1.54, 1.807) is 30.3 Å². The van der Waals surface area contributed by atoms with E-state index < -0.39 is 28.5 Å². The van der Waals surface area contributed by atoms with Gasteiger partial charge >= 0.3 is 0 Å². The maximum atomic E-state index is 14.6. The third-order valence-corrected chi connectivity index (χ3v) is 10.0. The fraction of sp³-hybridized carbons (Fsp3) is 0.316. The summed E-state index contributed by atoms with van der Waals surface area (Å²) in [6.07, 6.45) is 1.000. The van der Waals surface area contributed by atoms with Gasteiger partial charge < -0.3 is 10.2 Å². The van der Waals surface area contributed by atoms with Crippen LogP contribution in [0.4, 0.5) is 5.69 Å². The zero-order chi connectivity index (χ0) is 33.4. The van der Waals surface area contributed by atoms with Gasteiger partial charge in [0.25, 0.3) is 10.0 Å². The van der Waals surface area contributed by atoms with Gasteiger partial charge in [0.1, 0.15) is 12.6 Å². The number of anilines is 1. The van der Waals surface area contributed by atoms with Crippen LogP contribution in [-0.4, -0.2) is 43.8 Å². The number of carbonyl (C=O) groups is 2. The smallest absolute Gasteiger partial charge is 0.264 e. The van der Waals surface area contributed by atoms with Crippen LogP contribution < -0.4 is 9.62 Å². The standard InChI is InChI=1S/C38H45N3O4S/c1-7-31(6)39-38(43)36(24-32-11-9-8-10-12-32)40(25-33-18-13-27(2)14-19-33)37(42)26-41(35-22-17-29(4)23-30(35)5)46(44,45)34-20-15-28(3)16-21-34/h8-23,31,36H,7,24-26H2,1-6H3,(H,39,43)/t31-,36+/m1/s1. The van der Waals surface area contributed by atoms with E-state index in [0.29, 0.717) is 5.69 Å². The number of rotatable bonds is 13. The van der Waals surface area contributed by atoms with Gasteiger partial charge in [-0.2, -0.15) is 0 Å². The van der Waals surface area contributed by atoms with Gasteiger partial charge in [0.15, 0.2) is 0 Å². The highest BCUT2D eigenvalue weighted by Gasteiger charge is 2.35. The molecule has 8 heteroatoms. The second kappa shape index (κ2) is 15.2. The van der Waals surface area contributed by atoms with E-state index in [-0.39, 0.29) is 29.8 Å². The molecule has 4 aromatic carbocycles. The van der Waals surface area contributed by atoms with Gasteiger partial charge in [-0.1, -0.05) is 102 Å². The minimum atomic E-state index is -4.16. The van der Waals surface area contributed by atoms with Gasteiger partial charge in [0.05, 0.1) is 10.6 Å². The first-order valence-electron chi connectivity index (χ1n) is 15.7.